The summed E-state index contributed by atoms with van der Waals surface area (Å²) in [4.78, 5) is 80.0. The molecule has 0 spiro atoms. The van der Waals surface area contributed by atoms with E-state index in [1.807, 2.05) is 101 Å². The number of carbonyl (C=O) groups is 3. The summed E-state index contributed by atoms with van der Waals surface area (Å²) in [7, 11) is -7.23. The van der Waals surface area contributed by atoms with Crippen molar-refractivity contribution < 1.29 is 58.4 Å². The number of pyridine rings is 4. The summed E-state index contributed by atoms with van der Waals surface area (Å²) >= 11 is 44.1. The predicted octanol–water partition coefficient (Wildman–Crippen LogP) is 12.2. The molecule has 20 rings (SSSR count). The molecule has 136 heavy (non-hydrogen) atoms. The minimum atomic E-state index is -3.44. The van der Waals surface area contributed by atoms with Crippen LogP contribution in [0.4, 0.5) is 17.1 Å². The van der Waals surface area contributed by atoms with E-state index in [2.05, 4.69) is 53.7 Å². The van der Waals surface area contributed by atoms with Crippen molar-refractivity contribution >= 4 is 169 Å². The third-order valence-corrected chi connectivity index (χ3v) is 28.4. The van der Waals surface area contributed by atoms with E-state index in [1.165, 1.54) is 31.1 Å². The number of nitrogens with one attached hydrogen (secondary N) is 2. The van der Waals surface area contributed by atoms with Crippen molar-refractivity contribution in [2.24, 2.45) is 11.8 Å². The van der Waals surface area contributed by atoms with E-state index in [-0.39, 0.29) is 36.2 Å². The van der Waals surface area contributed by atoms with Gasteiger partial charge in [0.25, 0.3) is 0 Å². The van der Waals surface area contributed by atoms with Gasteiger partial charge in [0.2, 0.25) is 60.0 Å². The standard InChI is InChI=1S/C24H22Cl2N6O3.C24H27Cl2N5O4S.C22H25Cl2N5O4S.C20H20ClN7O2S/c25-17-2-3-18(19(26)9-17)22-20(11-30-5-7-31(8-6-30)24(33)16-12-34-13-16)32-10-15(1-4-21(32)28-22)23-27-14-35-29-23;1-28(36(2,33)34)18-4-6-22-27-23(19-5-3-17(25)11-20(19)26)21(31(22)12-18)13-29-7-9-30(10-8-29)24(32)16-14-35-15-16;1-33-14-21(30)28-9-7-27(8-10-28)13-19-22(17-5-3-15(23)11-18(17)24)25-20-6-4-16(12-29(19)20)26-34(2,31)32;1-31(29,30)25-16-6-7-18-24-20(14-2-4-15(21)5-3-14)17(27(18)10-16)11-26-8-9-28-19(12-26)22-13-23-28/h1-4,9-10,14,16H,5-8,11-13H2;3-6,11-12,16H,7-10,13-15H2,1-2H3;3-6,11-12,26H,7-10,13-14H2,1-2H3;2-7,10,13,25H,8-9,11-12H2,1H3. The lowest BCUT2D eigenvalue weighted by Gasteiger charge is -2.38. The molecule has 0 bridgehead atoms. The number of hydrogen-bond donors (Lipinski definition) is 2. The van der Waals surface area contributed by atoms with Gasteiger partial charge in [-0.05, 0) is 115 Å². The van der Waals surface area contributed by atoms with Crippen LogP contribution in [0.5, 0.6) is 0 Å². The highest BCUT2D eigenvalue weighted by atomic mass is 35.5. The third kappa shape index (κ3) is 22.7. The van der Waals surface area contributed by atoms with Gasteiger partial charge in [0.1, 0.15) is 41.3 Å². The lowest BCUT2D eigenvalue weighted by Crippen LogP contribution is -2.53. The Morgan fingerprint density at radius 1 is 0.449 bits per heavy atom. The number of carbonyl (C=O) groups excluding carboxylic acids is 3. The summed E-state index contributed by atoms with van der Waals surface area (Å²) in [5.74, 6) is 1.77. The van der Waals surface area contributed by atoms with Gasteiger partial charge in [-0.15, -0.1) is 0 Å². The van der Waals surface area contributed by atoms with Crippen molar-refractivity contribution in [1.29, 1.82) is 0 Å². The van der Waals surface area contributed by atoms with Crippen molar-refractivity contribution in [1.82, 2.24) is 96.7 Å². The zero-order chi connectivity index (χ0) is 95.6. The molecule has 46 heteroatoms. The number of sulfonamides is 3. The van der Waals surface area contributed by atoms with Crippen LogP contribution in [0.15, 0.2) is 169 Å². The van der Waals surface area contributed by atoms with E-state index in [1.54, 1.807) is 90.5 Å². The van der Waals surface area contributed by atoms with Gasteiger partial charge >= 0.3 is 0 Å². The molecule has 6 aliphatic rings. The van der Waals surface area contributed by atoms with E-state index in [0.29, 0.717) is 205 Å². The number of nitrogens with zero attached hydrogens (tertiary/aromatic N) is 21. The van der Waals surface area contributed by atoms with Crippen LogP contribution in [-0.2, 0) is 97.9 Å². The first-order valence-electron chi connectivity index (χ1n) is 43.3. The molecule has 2 N–H and O–H groups in total. The maximum Gasteiger partial charge on any atom is 0.248 e. The second kappa shape index (κ2) is 41.6. The molecule has 4 aromatic carbocycles. The van der Waals surface area contributed by atoms with Gasteiger partial charge < -0.3 is 37.8 Å². The van der Waals surface area contributed by atoms with Crippen molar-refractivity contribution in [3.63, 3.8) is 0 Å². The molecule has 0 radical (unpaired) electrons. The maximum absolute atomic E-state index is 12.6. The fourth-order valence-corrected chi connectivity index (χ4v) is 20.1. The van der Waals surface area contributed by atoms with Crippen LogP contribution in [0.3, 0.4) is 0 Å². The van der Waals surface area contributed by atoms with Gasteiger partial charge in [-0.3, -0.25) is 60.9 Å². The lowest BCUT2D eigenvalue weighted by molar-refractivity contribution is -0.152. The second-order valence-corrected chi connectivity index (χ2v) is 42.1. The smallest absolute Gasteiger partial charge is 0.248 e. The summed E-state index contributed by atoms with van der Waals surface area (Å²) in [6.45, 7) is 15.0. The quantitative estimate of drug-likeness (QED) is 0.0600. The van der Waals surface area contributed by atoms with E-state index in [9.17, 15) is 39.6 Å². The minimum Gasteiger partial charge on any atom is -0.380 e. The van der Waals surface area contributed by atoms with Crippen molar-refractivity contribution in [3.05, 3.63) is 229 Å². The van der Waals surface area contributed by atoms with E-state index in [0.717, 1.165) is 118 Å². The van der Waals surface area contributed by atoms with E-state index < -0.39 is 30.1 Å². The Hall–Kier alpha value is -10.7. The van der Waals surface area contributed by atoms with Gasteiger partial charge in [0.05, 0.1) is 148 Å². The zero-order valence-corrected chi connectivity index (χ0v) is 82.0. The molecular weight excluding hydrogens is 1960 g/mol. The first-order chi connectivity index (χ1) is 65.2. The molecule has 14 aromatic rings. The number of ether oxygens (including phenoxy) is 3. The number of fused-ring (bicyclic) bond motifs is 5. The number of amides is 3. The van der Waals surface area contributed by atoms with Crippen LogP contribution in [0, 0.1) is 11.8 Å². The third-order valence-electron chi connectivity index (χ3n) is 24.1. The molecule has 0 saturated carbocycles. The summed E-state index contributed by atoms with van der Waals surface area (Å²) < 4.78 is 107. The van der Waals surface area contributed by atoms with Gasteiger partial charge in [-0.25, -0.2) is 54.9 Å². The highest BCUT2D eigenvalue weighted by Crippen LogP contribution is 2.40. The molecule has 5 saturated heterocycles. The summed E-state index contributed by atoms with van der Waals surface area (Å²) in [6, 6.07) is 37.9. The van der Waals surface area contributed by atoms with Crippen molar-refractivity contribution in [2.75, 3.05) is 165 Å². The summed E-state index contributed by atoms with van der Waals surface area (Å²) in [6.07, 6.45) is 13.5. The molecular formula is C90H94Cl7N23O13S3. The molecule has 0 aliphatic carbocycles. The fraction of sp³-hybridized carbons (Fsp3) is 0.344. The number of methoxy groups -OCH3 is 1. The van der Waals surface area contributed by atoms with Gasteiger partial charge in [0, 0.05) is 198 Å². The molecule has 0 atom stereocenters. The number of rotatable bonds is 23. The zero-order valence-electron chi connectivity index (χ0n) is 74.3. The normalized spacial score (nSPS) is 16.1. The fourth-order valence-electron chi connectivity index (χ4n) is 16.8. The largest absolute Gasteiger partial charge is 0.380 e. The topological polar surface area (TPSA) is 370 Å². The van der Waals surface area contributed by atoms with E-state index in [4.69, 9.17) is 120 Å². The van der Waals surface area contributed by atoms with Crippen molar-refractivity contribution in [2.45, 2.75) is 39.3 Å². The Labute approximate surface area is 818 Å². The van der Waals surface area contributed by atoms with E-state index >= 15 is 0 Å². The van der Waals surface area contributed by atoms with Crippen molar-refractivity contribution in [3.8, 4) is 56.4 Å². The molecule has 6 aliphatic heterocycles. The number of piperazine rings is 3. The SMILES string of the molecule is CN(c1ccc2nc(-c3ccc(Cl)cc3Cl)c(CN3CCN(C(=O)C4COC4)CC3)n2c1)S(C)(=O)=O.COCC(=O)N1CCN(Cc2c(-c3ccc(Cl)cc3Cl)nc3ccc(NS(C)(=O)=O)cn23)CC1.CS(=O)(=O)Nc1ccc2nc(-c3ccc(Cl)cc3)c(CN3CCn4ncnc4C3)n2c1.O=C(C1COC1)N1CCN(Cc2c(-c3ccc(Cl)cc3Cl)nc3ccc(-c4ncon4)cn23)CC1. The van der Waals surface area contributed by atoms with Crippen LogP contribution in [0.25, 0.3) is 79.0 Å². The Balaban J connectivity index is 0.000000126. The van der Waals surface area contributed by atoms with Crippen LogP contribution in [0.2, 0.25) is 35.2 Å². The highest BCUT2D eigenvalue weighted by molar-refractivity contribution is 7.92. The Morgan fingerprint density at radius 3 is 1.26 bits per heavy atom. The molecule has 16 heterocycles. The lowest BCUT2D eigenvalue weighted by atomic mass is 10.1. The average Bonchev–Trinajstić information content (AvgIpc) is 1.62. The molecule has 3 amide bonds. The predicted molar refractivity (Wildman–Crippen MR) is 521 cm³/mol. The Bertz CT molecular complexity index is 7160. The minimum absolute atomic E-state index is 0.0146. The Kier molecular flexibility index (Phi) is 29.6. The van der Waals surface area contributed by atoms with Crippen LogP contribution >= 0.6 is 81.2 Å². The number of anilines is 3. The van der Waals surface area contributed by atoms with Gasteiger partial charge in [-0.1, -0.05) is 98.5 Å². The van der Waals surface area contributed by atoms with Crippen LogP contribution in [0.1, 0.15) is 28.6 Å². The van der Waals surface area contributed by atoms with Crippen LogP contribution < -0.4 is 13.7 Å². The molecule has 10 aromatic heterocycles. The average molecular weight is 2050 g/mol. The number of aromatic nitrogens is 13. The number of benzene rings is 4. The summed E-state index contributed by atoms with van der Waals surface area (Å²) in [5, 5.41) is 12.0. The molecule has 5 fully saturated rings. The van der Waals surface area contributed by atoms with Gasteiger partial charge in [0.15, 0.2) is 0 Å². The monoisotopic (exact) mass is 2050 g/mol. The first-order valence-corrected chi connectivity index (χ1v) is 51.5. The molecule has 0 unspecified atom stereocenters. The first kappa shape index (κ1) is 97.0. The number of halogens is 7. The van der Waals surface area contributed by atoms with Gasteiger partial charge in [-0.2, -0.15) is 10.1 Å². The number of imidazole rings is 4. The number of hydrogen-bond acceptors (Lipinski definition) is 25. The second-order valence-electron chi connectivity index (χ2n) is 33.7. The summed E-state index contributed by atoms with van der Waals surface area (Å²) in [5.41, 5.74) is 15.1. The Morgan fingerprint density at radius 2 is 0.846 bits per heavy atom. The maximum atomic E-state index is 12.6. The molecule has 714 valence electrons. The van der Waals surface area contributed by atoms with Crippen LogP contribution in [-0.4, -0.2) is 291 Å². The molecule has 36 nitrogen and oxygen atoms in total. The highest BCUT2D eigenvalue weighted by Gasteiger charge is 2.36.